The number of nitrogens with zero attached hydrogens (tertiary/aromatic N) is 7. The van der Waals surface area contributed by atoms with Crippen LogP contribution in [-0.4, -0.2) is 152 Å². The van der Waals surface area contributed by atoms with Crippen molar-refractivity contribution in [1.82, 2.24) is 61.7 Å². The molecule has 2 fully saturated rings. The predicted octanol–water partition coefficient (Wildman–Crippen LogP) is 11.8. The Hall–Kier alpha value is -12.5. The highest BCUT2D eigenvalue weighted by molar-refractivity contribution is 5.96. The van der Waals surface area contributed by atoms with Gasteiger partial charge in [0, 0.05) is 110 Å². The molecular weight excluding hydrogens is 1540 g/mol. The fourth-order valence-corrected chi connectivity index (χ4v) is 17.1. The molecule has 0 bridgehead atoms. The van der Waals surface area contributed by atoms with Crippen molar-refractivity contribution < 1.29 is 74.0 Å². The minimum Gasteiger partial charge on any atom is -0.338 e. The van der Waals surface area contributed by atoms with Gasteiger partial charge in [-0.25, -0.2) is 27.4 Å². The molecule has 0 saturated heterocycles. The van der Waals surface area contributed by atoms with E-state index in [1.807, 2.05) is 148 Å². The Morgan fingerprint density at radius 3 is 1.18 bits per heavy atom. The topological polar surface area (TPSA) is 366 Å². The van der Waals surface area contributed by atoms with Crippen LogP contribution in [0.25, 0.3) is 11.1 Å². The van der Waals surface area contributed by atoms with Gasteiger partial charge in [0.25, 0.3) is 29.5 Å². The summed E-state index contributed by atoms with van der Waals surface area (Å²) in [6.45, 7) is 14.3. The van der Waals surface area contributed by atoms with E-state index in [-0.39, 0.29) is 53.3 Å². The molecule has 6 heterocycles. The van der Waals surface area contributed by atoms with Gasteiger partial charge >= 0.3 is 0 Å². The van der Waals surface area contributed by atoms with Gasteiger partial charge in [-0.05, 0) is 223 Å². The predicted molar refractivity (Wildman–Crippen MR) is 449 cm³/mol. The molecule has 27 heteroatoms. The summed E-state index contributed by atoms with van der Waals surface area (Å²) in [5.41, 5.74) is 27.0. The average Bonchev–Trinajstić information content (AvgIpc) is 1.43. The van der Waals surface area contributed by atoms with Gasteiger partial charge in [0.15, 0.2) is 0 Å². The van der Waals surface area contributed by atoms with E-state index in [0.717, 1.165) is 141 Å². The number of amides is 10. The fourth-order valence-electron chi connectivity index (χ4n) is 17.1. The van der Waals surface area contributed by atoms with Crippen LogP contribution in [0.3, 0.4) is 0 Å². The maximum atomic E-state index is 12.9. The van der Waals surface area contributed by atoms with Gasteiger partial charge in [0.1, 0.15) is 6.54 Å². The lowest BCUT2D eigenvalue weighted by atomic mass is 9.74. The van der Waals surface area contributed by atoms with E-state index >= 15 is 0 Å². The molecule has 9 aromatic rings. The second-order valence-corrected chi connectivity index (χ2v) is 32.3. The fraction of sp³-hybridized carbons (Fsp3) is 0.351. The van der Waals surface area contributed by atoms with Gasteiger partial charge in [-0.1, -0.05) is 154 Å². The Morgan fingerprint density at radius 2 is 0.769 bits per heavy atom. The molecule has 0 unspecified atom stereocenters. The Labute approximate surface area is 703 Å². The highest BCUT2D eigenvalue weighted by Gasteiger charge is 2.39. The minimum atomic E-state index is -0.527. The number of fused-ring (bicyclic) bond motifs is 5. The zero-order valence-corrected chi connectivity index (χ0v) is 68.8. The molecular formula is C94H106N12O15. The largest absolute Gasteiger partial charge is 0.338 e. The number of hydroxylamine groups is 5. The van der Waals surface area contributed by atoms with E-state index in [2.05, 4.69) is 36.3 Å². The van der Waals surface area contributed by atoms with Gasteiger partial charge in [-0.15, -0.1) is 0 Å². The summed E-state index contributed by atoms with van der Waals surface area (Å²) in [6, 6.07) is 56.7. The first kappa shape index (κ1) is 87.8. The molecule has 0 spiro atoms. The summed E-state index contributed by atoms with van der Waals surface area (Å²) < 4.78 is 1.72. The van der Waals surface area contributed by atoms with Crippen molar-refractivity contribution in [3.63, 3.8) is 0 Å². The number of benzene rings is 8. The summed E-state index contributed by atoms with van der Waals surface area (Å²) in [5.74, 6) is -1.72. The number of hydrogen-bond donors (Lipinski definition) is 10. The Kier molecular flexibility index (Phi) is 29.7. The van der Waals surface area contributed by atoms with Gasteiger partial charge in [-0.2, -0.15) is 5.10 Å². The summed E-state index contributed by atoms with van der Waals surface area (Å²) >= 11 is 0. The summed E-state index contributed by atoms with van der Waals surface area (Å²) in [5, 5.41) is 47.9. The average molecular weight is 1640 g/mol. The molecule has 632 valence electrons. The first-order valence-electron chi connectivity index (χ1n) is 41.4. The smallest absolute Gasteiger partial charge is 0.274 e. The van der Waals surface area contributed by atoms with E-state index in [0.29, 0.717) is 119 Å². The van der Waals surface area contributed by atoms with Crippen LogP contribution in [0.15, 0.2) is 182 Å². The van der Waals surface area contributed by atoms with Crippen LogP contribution in [0.2, 0.25) is 0 Å². The minimum absolute atomic E-state index is 0.0315. The number of aromatic nitrogens is 2. The van der Waals surface area contributed by atoms with Gasteiger partial charge in [-0.3, -0.25) is 78.7 Å². The number of carbonyl (C=O) groups is 10. The Morgan fingerprint density at radius 1 is 0.405 bits per heavy atom. The molecule has 27 nitrogen and oxygen atoms in total. The molecule has 121 heavy (non-hydrogen) atoms. The molecule has 8 aromatic carbocycles. The van der Waals surface area contributed by atoms with E-state index in [4.69, 9.17) is 26.0 Å². The highest BCUT2D eigenvalue weighted by Crippen LogP contribution is 2.39. The molecule has 16 rings (SSSR count). The van der Waals surface area contributed by atoms with Crippen LogP contribution in [0, 0.1) is 25.2 Å². The van der Waals surface area contributed by atoms with Gasteiger partial charge in [0.05, 0.1) is 18.0 Å². The van der Waals surface area contributed by atoms with Crippen LogP contribution >= 0.6 is 0 Å². The van der Waals surface area contributed by atoms with E-state index in [1.54, 1.807) is 86.7 Å². The quantitative estimate of drug-likeness (QED) is 0.0357. The molecule has 2 aliphatic carbocycles. The number of aryl methyl sites for hydroxylation is 2. The number of rotatable bonds is 14. The normalized spacial score (nSPS) is 15.7. The van der Waals surface area contributed by atoms with Gasteiger partial charge in [0.2, 0.25) is 29.5 Å². The van der Waals surface area contributed by atoms with Crippen molar-refractivity contribution in [1.29, 1.82) is 0 Å². The van der Waals surface area contributed by atoms with Crippen molar-refractivity contribution >= 4 is 59.1 Å². The van der Waals surface area contributed by atoms with E-state index in [1.165, 1.54) is 19.3 Å². The number of nitrogens with one attached hydrogen (secondary N) is 5. The molecule has 1 atom stereocenters. The zero-order valence-electron chi connectivity index (χ0n) is 68.8. The van der Waals surface area contributed by atoms with E-state index < -0.39 is 29.5 Å². The van der Waals surface area contributed by atoms with Gasteiger partial charge < -0.3 is 24.5 Å². The first-order chi connectivity index (χ1) is 58.4. The van der Waals surface area contributed by atoms with Crippen LogP contribution in [-0.2, 0) is 102 Å². The SMILES string of the molecule is CC1(C(=O)N2CCc3cc(C(=O)NO)ccc3C2)CCCCC1.C[C@H](C(=O)N1CCc2cc(C(=O)NO)ccc2C1)c1ccccc1.Cc1cc(C)n(CC(=O)N2CCc3cc(C(=O)NO)ccc3C2)n1.O=C(NO)c1ccc2c(c1)CCN(C(=O)C1CCCC1)C2.O=C(NO)c1ccc2c(c1)CCN(C(=O)Cc1ccc(-c3ccccc3)cc1)C2. The number of carbonyl (C=O) groups excluding carboxylic acids is 10. The molecule has 1 aromatic heterocycles. The molecule has 10 N–H and O–H groups in total. The third kappa shape index (κ3) is 22.1. The Balaban J connectivity index is 0.000000139. The van der Waals surface area contributed by atoms with Crippen molar-refractivity contribution in [3.05, 3.63) is 288 Å². The standard InChI is InChI=1S/C24H22N2O3.C19H20N2O3.C18H24N2O3.C17H20N4O3.C16H20N2O3/c27-23(14-17-6-8-19(9-7-17)18-4-2-1-3-5-18)26-13-12-20-15-21(24(28)25-29)10-11-22(20)16-26;1-13(14-5-3-2-4-6-14)19(23)21-10-9-15-11-16(18(22)20-24)7-8-17(15)12-21;1-18(8-3-2-4-9-18)17(22)20-10-7-13-11-14(16(21)19-23)5-6-15(13)12-20;1-11-7-12(2)21(18-11)10-16(22)20-6-5-13-8-14(17(23)19-24)3-4-15(13)9-20;19-15(17-21)13-5-6-14-10-18(8-7-12(14)9-13)16(20)11-3-1-2-4-11/h1-11,15,29H,12-14,16H2,(H,25,28);2-8,11,13,24H,9-10,12H2,1H3,(H,20,22);5-6,11,23H,2-4,7-10,12H2,1H3,(H,19,21);3-4,7-8,24H,5-6,9-10H2,1-2H3,(H,19,23);5-6,9,11,21H,1-4,7-8,10H2,(H,17,19)/t;13-;;;/m.0.../s1. The zero-order chi connectivity index (χ0) is 85.9. The number of hydrogen-bond acceptors (Lipinski definition) is 16. The maximum Gasteiger partial charge on any atom is 0.274 e. The van der Waals surface area contributed by atoms with Crippen LogP contribution in [0.5, 0.6) is 0 Å². The summed E-state index contributed by atoms with van der Waals surface area (Å²) in [4.78, 5) is 130. The van der Waals surface area contributed by atoms with Crippen molar-refractivity contribution in [3.8, 4) is 11.1 Å². The summed E-state index contributed by atoms with van der Waals surface area (Å²) in [6.07, 6.45) is 13.9. The third-order valence-corrected chi connectivity index (χ3v) is 24.2. The maximum absolute atomic E-state index is 12.9. The molecule has 0 radical (unpaired) electrons. The molecule has 10 amide bonds. The molecule has 5 aliphatic heterocycles. The lowest BCUT2D eigenvalue weighted by Gasteiger charge is -2.39. The Bertz CT molecular complexity index is 5260. The monoisotopic (exact) mass is 1640 g/mol. The molecule has 2 saturated carbocycles. The second kappa shape index (κ2) is 41.0. The lowest BCUT2D eigenvalue weighted by Crippen LogP contribution is -2.45. The van der Waals surface area contributed by atoms with Crippen molar-refractivity contribution in [2.75, 3.05) is 32.7 Å². The van der Waals surface area contributed by atoms with Crippen molar-refractivity contribution in [2.24, 2.45) is 11.3 Å². The first-order valence-corrected chi connectivity index (χ1v) is 41.4. The molecule has 7 aliphatic rings. The second-order valence-electron chi connectivity index (χ2n) is 32.3. The highest BCUT2D eigenvalue weighted by atomic mass is 16.5. The van der Waals surface area contributed by atoms with Crippen LogP contribution in [0.4, 0.5) is 0 Å². The lowest BCUT2D eigenvalue weighted by molar-refractivity contribution is -0.144. The third-order valence-electron chi connectivity index (χ3n) is 24.2. The van der Waals surface area contributed by atoms with Crippen LogP contribution in [0.1, 0.15) is 207 Å². The van der Waals surface area contributed by atoms with Crippen molar-refractivity contribution in [2.45, 2.75) is 169 Å². The van der Waals surface area contributed by atoms with E-state index in [9.17, 15) is 47.9 Å². The van der Waals surface area contributed by atoms with Crippen LogP contribution < -0.4 is 27.4 Å². The summed E-state index contributed by atoms with van der Waals surface area (Å²) in [7, 11) is 0.